The molecule has 0 bridgehead atoms. The minimum absolute atomic E-state index is 0.643. The van der Waals surface area contributed by atoms with Crippen LogP contribution in [0, 0.1) is 6.92 Å². The lowest BCUT2D eigenvalue weighted by Gasteiger charge is -2.07. The Bertz CT molecular complexity index is 998. The van der Waals surface area contributed by atoms with Gasteiger partial charge in [-0.2, -0.15) is 0 Å². The van der Waals surface area contributed by atoms with Gasteiger partial charge in [0.25, 0.3) is 0 Å². The van der Waals surface area contributed by atoms with Crippen molar-refractivity contribution in [2.24, 2.45) is 0 Å². The van der Waals surface area contributed by atoms with Gasteiger partial charge in [0.1, 0.15) is 21.9 Å². The molecule has 2 aromatic carbocycles. The molecule has 4 rings (SSSR count). The highest BCUT2D eigenvalue weighted by atomic mass is 32.2. The Morgan fingerprint density at radius 2 is 1.81 bits per heavy atom. The molecular weight excluding hydrogens is 360 g/mol. The smallest absolute Gasteiger partial charge is 0.128 e. The molecular formula is C21H18N2OS2. The summed E-state index contributed by atoms with van der Waals surface area (Å²) in [5.41, 5.74) is 3.64. The van der Waals surface area contributed by atoms with Gasteiger partial charge in [-0.15, -0.1) is 23.1 Å². The summed E-state index contributed by atoms with van der Waals surface area (Å²) in [6.45, 7) is 2.72. The first kappa shape index (κ1) is 17.1. The standard InChI is InChI=1S/C21H18N2OS2/c1-15-7-9-17(10-8-15)24-11-12-25-20-19-18(16-5-3-2-4-6-16)13-26-21(19)23-14-22-20/h2-10,13-14H,11-12H2,1H3. The first-order chi connectivity index (χ1) is 12.8. The average molecular weight is 379 g/mol. The summed E-state index contributed by atoms with van der Waals surface area (Å²) >= 11 is 3.38. The Labute approximate surface area is 161 Å². The van der Waals surface area contributed by atoms with E-state index in [1.54, 1.807) is 29.4 Å². The van der Waals surface area contributed by atoms with Gasteiger partial charge in [0.05, 0.1) is 12.0 Å². The lowest BCUT2D eigenvalue weighted by atomic mass is 10.1. The van der Waals surface area contributed by atoms with Crippen molar-refractivity contribution in [2.75, 3.05) is 12.4 Å². The summed E-state index contributed by atoms with van der Waals surface area (Å²) in [6, 6.07) is 18.6. The molecule has 0 saturated carbocycles. The van der Waals surface area contributed by atoms with Crippen molar-refractivity contribution in [1.82, 2.24) is 9.97 Å². The summed E-state index contributed by atoms with van der Waals surface area (Å²) in [7, 11) is 0. The second kappa shape index (κ2) is 7.89. The number of nitrogens with zero attached hydrogens (tertiary/aromatic N) is 2. The van der Waals surface area contributed by atoms with Gasteiger partial charge in [-0.05, 0) is 24.6 Å². The summed E-state index contributed by atoms with van der Waals surface area (Å²) < 4.78 is 5.83. The Morgan fingerprint density at radius 1 is 1.00 bits per heavy atom. The second-order valence-corrected chi connectivity index (χ2v) is 7.83. The fourth-order valence-corrected chi connectivity index (χ4v) is 4.53. The molecule has 0 spiro atoms. The molecule has 3 nitrogen and oxygen atoms in total. The summed E-state index contributed by atoms with van der Waals surface area (Å²) in [5, 5.41) is 4.33. The molecule has 0 N–H and O–H groups in total. The summed E-state index contributed by atoms with van der Waals surface area (Å²) in [6.07, 6.45) is 1.65. The van der Waals surface area contributed by atoms with Crippen molar-refractivity contribution in [1.29, 1.82) is 0 Å². The Kier molecular flexibility index (Phi) is 5.18. The molecule has 2 heterocycles. The van der Waals surface area contributed by atoms with Gasteiger partial charge in [0.2, 0.25) is 0 Å². The van der Waals surface area contributed by atoms with E-state index in [9.17, 15) is 0 Å². The molecule has 0 saturated heterocycles. The predicted octanol–water partition coefficient (Wildman–Crippen LogP) is 5.84. The van der Waals surface area contributed by atoms with Gasteiger partial charge in [-0.3, -0.25) is 0 Å². The van der Waals surface area contributed by atoms with Crippen molar-refractivity contribution < 1.29 is 4.74 Å². The number of ether oxygens (including phenoxy) is 1. The van der Waals surface area contributed by atoms with Crippen LogP contribution >= 0.6 is 23.1 Å². The molecule has 130 valence electrons. The van der Waals surface area contributed by atoms with Crippen molar-refractivity contribution >= 4 is 33.3 Å². The normalized spacial score (nSPS) is 11.0. The van der Waals surface area contributed by atoms with E-state index in [2.05, 4.69) is 58.7 Å². The minimum Gasteiger partial charge on any atom is -0.493 e. The molecule has 0 atom stereocenters. The molecule has 5 heteroatoms. The molecule has 2 aromatic heterocycles. The number of aromatic nitrogens is 2. The van der Waals surface area contributed by atoms with E-state index in [4.69, 9.17) is 4.74 Å². The topological polar surface area (TPSA) is 35.0 Å². The molecule has 0 amide bonds. The number of benzene rings is 2. The van der Waals surface area contributed by atoms with Crippen molar-refractivity contribution in [2.45, 2.75) is 11.9 Å². The summed E-state index contributed by atoms with van der Waals surface area (Å²) in [4.78, 5) is 9.99. The van der Waals surface area contributed by atoms with Crippen LogP contribution in [0.15, 0.2) is 71.3 Å². The molecule has 26 heavy (non-hydrogen) atoms. The zero-order valence-electron chi connectivity index (χ0n) is 14.4. The van der Waals surface area contributed by atoms with Crippen LogP contribution in [0.4, 0.5) is 0 Å². The van der Waals surface area contributed by atoms with Crippen LogP contribution < -0.4 is 4.74 Å². The number of hydrogen-bond donors (Lipinski definition) is 0. The highest BCUT2D eigenvalue weighted by Crippen LogP contribution is 2.37. The van der Waals surface area contributed by atoms with E-state index < -0.39 is 0 Å². The van der Waals surface area contributed by atoms with Crippen molar-refractivity contribution in [3.63, 3.8) is 0 Å². The van der Waals surface area contributed by atoms with Crippen LogP contribution in [0.1, 0.15) is 5.56 Å². The molecule has 4 aromatic rings. The number of thioether (sulfide) groups is 1. The number of rotatable bonds is 6. The van der Waals surface area contributed by atoms with Gasteiger partial charge in [0.15, 0.2) is 0 Å². The van der Waals surface area contributed by atoms with E-state index >= 15 is 0 Å². The third-order valence-corrected chi connectivity index (χ3v) is 5.87. The highest BCUT2D eigenvalue weighted by Gasteiger charge is 2.13. The van der Waals surface area contributed by atoms with Gasteiger partial charge in [-0.25, -0.2) is 9.97 Å². The Balaban J connectivity index is 1.49. The number of aryl methyl sites for hydroxylation is 1. The van der Waals surface area contributed by atoms with Gasteiger partial charge in [0, 0.05) is 16.7 Å². The largest absolute Gasteiger partial charge is 0.493 e. The van der Waals surface area contributed by atoms with Gasteiger partial charge < -0.3 is 4.74 Å². The molecule has 0 aliphatic carbocycles. The van der Waals surface area contributed by atoms with Crippen LogP contribution in [0.3, 0.4) is 0 Å². The van der Waals surface area contributed by atoms with Crippen LogP contribution in [-0.2, 0) is 0 Å². The fourth-order valence-electron chi connectivity index (χ4n) is 2.72. The maximum atomic E-state index is 5.83. The molecule has 0 fully saturated rings. The van der Waals surface area contributed by atoms with Crippen molar-refractivity contribution in [3.05, 3.63) is 71.9 Å². The maximum Gasteiger partial charge on any atom is 0.128 e. The number of thiophene rings is 1. The van der Waals surface area contributed by atoms with E-state index in [0.29, 0.717) is 6.61 Å². The van der Waals surface area contributed by atoms with Gasteiger partial charge in [-0.1, -0.05) is 48.0 Å². The van der Waals surface area contributed by atoms with Crippen LogP contribution in [0.5, 0.6) is 5.75 Å². The summed E-state index contributed by atoms with van der Waals surface area (Å²) in [5.74, 6) is 1.74. The molecule has 0 aliphatic heterocycles. The third-order valence-electron chi connectivity index (χ3n) is 4.03. The van der Waals surface area contributed by atoms with E-state index in [-0.39, 0.29) is 0 Å². The van der Waals surface area contributed by atoms with E-state index in [0.717, 1.165) is 26.7 Å². The molecule has 0 aliphatic rings. The van der Waals surface area contributed by atoms with E-state index in [1.807, 2.05) is 18.2 Å². The molecule has 0 unspecified atom stereocenters. The van der Waals surface area contributed by atoms with E-state index in [1.165, 1.54) is 16.7 Å². The Morgan fingerprint density at radius 3 is 2.62 bits per heavy atom. The Hall–Kier alpha value is -2.37. The zero-order valence-corrected chi connectivity index (χ0v) is 16.0. The first-order valence-corrected chi connectivity index (χ1v) is 10.3. The van der Waals surface area contributed by atoms with Crippen LogP contribution in [-0.4, -0.2) is 22.3 Å². The van der Waals surface area contributed by atoms with Crippen LogP contribution in [0.2, 0.25) is 0 Å². The van der Waals surface area contributed by atoms with Crippen LogP contribution in [0.25, 0.3) is 21.3 Å². The highest BCUT2D eigenvalue weighted by molar-refractivity contribution is 7.99. The first-order valence-electron chi connectivity index (χ1n) is 8.41. The maximum absolute atomic E-state index is 5.83. The predicted molar refractivity (Wildman–Crippen MR) is 110 cm³/mol. The third kappa shape index (κ3) is 3.74. The molecule has 0 radical (unpaired) electrons. The number of fused-ring (bicyclic) bond motifs is 1. The quantitative estimate of drug-likeness (QED) is 0.240. The monoisotopic (exact) mass is 378 g/mol. The fraction of sp³-hybridized carbons (Fsp3) is 0.143. The lowest BCUT2D eigenvalue weighted by molar-refractivity contribution is 0.344. The minimum atomic E-state index is 0.643. The number of hydrogen-bond acceptors (Lipinski definition) is 5. The van der Waals surface area contributed by atoms with Gasteiger partial charge >= 0.3 is 0 Å². The van der Waals surface area contributed by atoms with Crippen molar-refractivity contribution in [3.8, 4) is 16.9 Å². The lowest BCUT2D eigenvalue weighted by Crippen LogP contribution is -2.00. The average Bonchev–Trinajstić information content (AvgIpc) is 3.12. The SMILES string of the molecule is Cc1ccc(OCCSc2ncnc3scc(-c4ccccc4)c23)cc1. The second-order valence-electron chi connectivity index (χ2n) is 5.88. The zero-order chi connectivity index (χ0) is 17.8.